The van der Waals surface area contributed by atoms with Crippen LogP contribution in [0.4, 0.5) is 4.79 Å². The van der Waals surface area contributed by atoms with E-state index in [1.54, 1.807) is 0 Å². The van der Waals surface area contributed by atoms with Gasteiger partial charge >= 0.3 is 6.03 Å². The van der Waals surface area contributed by atoms with Crippen LogP contribution in [-0.2, 0) is 11.3 Å². The molecule has 0 atom stereocenters. The number of carbonyl (C=O) groups is 2. The second-order valence-electron chi connectivity index (χ2n) is 4.82. The van der Waals surface area contributed by atoms with Gasteiger partial charge in [-0.3, -0.25) is 10.1 Å². The number of carbonyl (C=O) groups excluding carboxylic acids is 2. The predicted molar refractivity (Wildman–Crippen MR) is 89.7 cm³/mol. The lowest BCUT2D eigenvalue weighted by Crippen LogP contribution is -2.41. The molecular weight excluding hydrogens is 328 g/mol. The smallest absolute Gasteiger partial charge is 0.321 e. The minimum absolute atomic E-state index is 0.305. The second kappa shape index (κ2) is 7.51. The first-order valence-electron chi connectivity index (χ1n) is 7.15. The Morgan fingerprint density at radius 1 is 1.12 bits per heavy atom. The number of benzene rings is 1. The number of fused-ring (bicyclic) bond motifs is 1. The molecule has 24 heavy (non-hydrogen) atoms. The zero-order valence-corrected chi connectivity index (χ0v) is 13.4. The molecule has 0 saturated heterocycles. The van der Waals surface area contributed by atoms with Gasteiger partial charge in [-0.05, 0) is 17.0 Å². The number of nitrogens with zero attached hydrogens (tertiary/aromatic N) is 2. The highest BCUT2D eigenvalue weighted by Gasteiger charge is 2.11. The molecule has 0 bridgehead atoms. The molecule has 0 spiro atoms. The Morgan fingerprint density at radius 3 is 2.79 bits per heavy atom. The third-order valence-corrected chi connectivity index (χ3v) is 3.93. The highest BCUT2D eigenvalue weighted by atomic mass is 32.1. The molecule has 2 heterocycles. The highest BCUT2D eigenvalue weighted by Crippen LogP contribution is 2.25. The van der Waals surface area contributed by atoms with Crippen LogP contribution in [0.25, 0.3) is 10.2 Å². The normalized spacial score (nSPS) is 10.3. The van der Waals surface area contributed by atoms with Crippen molar-refractivity contribution in [2.24, 2.45) is 0 Å². The molecule has 3 amide bonds. The van der Waals surface area contributed by atoms with Crippen molar-refractivity contribution in [2.45, 2.75) is 6.54 Å². The van der Waals surface area contributed by atoms with Crippen molar-refractivity contribution in [3.05, 3.63) is 53.7 Å². The van der Waals surface area contributed by atoms with E-state index in [1.807, 2.05) is 41.8 Å². The third-order valence-electron chi connectivity index (χ3n) is 3.11. The Kier molecular flexibility index (Phi) is 4.97. The van der Waals surface area contributed by atoms with E-state index in [9.17, 15) is 9.59 Å². The van der Waals surface area contributed by atoms with E-state index in [2.05, 4.69) is 20.6 Å². The molecule has 0 aliphatic rings. The zero-order chi connectivity index (χ0) is 16.8. The number of aromatic nitrogens is 2. The Morgan fingerprint density at radius 2 is 1.96 bits per heavy atom. The molecule has 122 valence electrons. The van der Waals surface area contributed by atoms with Gasteiger partial charge < -0.3 is 10.1 Å². The largest absolute Gasteiger partial charge is 0.467 e. The number of imide groups is 1. The summed E-state index contributed by atoms with van der Waals surface area (Å²) in [5.41, 5.74) is 0.942. The fourth-order valence-electron chi connectivity index (χ4n) is 2.00. The Bertz CT molecular complexity index is 851. The molecule has 0 radical (unpaired) electrons. The average Bonchev–Trinajstić information content (AvgIpc) is 3.08. The molecule has 0 aliphatic carbocycles. The second-order valence-corrected chi connectivity index (χ2v) is 5.72. The number of amides is 3. The van der Waals surface area contributed by atoms with Crippen LogP contribution in [0, 0.1) is 0 Å². The maximum atomic E-state index is 11.8. The summed E-state index contributed by atoms with van der Waals surface area (Å²) in [5, 5.41) is 7.41. The Labute approximate surface area is 141 Å². The molecule has 0 aliphatic heterocycles. The SMILES string of the molecule is O=C(COc1ncnc2sccc12)NC(=O)NCc1ccccc1. The van der Waals surface area contributed by atoms with E-state index in [0.717, 1.165) is 15.8 Å². The van der Waals surface area contributed by atoms with Crippen molar-refractivity contribution in [2.75, 3.05) is 6.61 Å². The lowest BCUT2D eigenvalue weighted by atomic mass is 10.2. The van der Waals surface area contributed by atoms with E-state index in [4.69, 9.17) is 4.74 Å². The molecule has 2 N–H and O–H groups in total. The summed E-state index contributed by atoms with van der Waals surface area (Å²) in [6.07, 6.45) is 1.37. The molecule has 1 aromatic carbocycles. The summed E-state index contributed by atoms with van der Waals surface area (Å²) in [5.74, 6) is -0.233. The summed E-state index contributed by atoms with van der Waals surface area (Å²) in [6.45, 7) is 0.0307. The quantitative estimate of drug-likeness (QED) is 0.741. The fourth-order valence-corrected chi connectivity index (χ4v) is 2.72. The van der Waals surface area contributed by atoms with Gasteiger partial charge in [0, 0.05) is 6.54 Å². The lowest BCUT2D eigenvalue weighted by Gasteiger charge is -2.08. The summed E-state index contributed by atoms with van der Waals surface area (Å²) < 4.78 is 5.37. The Balaban J connectivity index is 1.47. The number of hydrogen-bond donors (Lipinski definition) is 2. The van der Waals surface area contributed by atoms with Gasteiger partial charge in [0.1, 0.15) is 11.2 Å². The summed E-state index contributed by atoms with van der Waals surface area (Å²) in [4.78, 5) is 32.3. The van der Waals surface area contributed by atoms with Gasteiger partial charge in [0.05, 0.1) is 5.39 Å². The van der Waals surface area contributed by atoms with Crippen molar-refractivity contribution >= 4 is 33.5 Å². The van der Waals surface area contributed by atoms with Gasteiger partial charge in [-0.15, -0.1) is 11.3 Å². The van der Waals surface area contributed by atoms with E-state index in [1.165, 1.54) is 17.7 Å². The molecular formula is C16H14N4O3S. The number of hydrogen-bond acceptors (Lipinski definition) is 6. The van der Waals surface area contributed by atoms with Gasteiger partial charge in [0.25, 0.3) is 5.91 Å². The van der Waals surface area contributed by atoms with Gasteiger partial charge in [-0.2, -0.15) is 0 Å². The molecule has 0 fully saturated rings. The maximum absolute atomic E-state index is 11.8. The van der Waals surface area contributed by atoms with Crippen molar-refractivity contribution in [3.8, 4) is 5.88 Å². The molecule has 8 heteroatoms. The minimum atomic E-state index is -0.573. The molecule has 3 rings (SSSR count). The van der Waals surface area contributed by atoms with E-state index in [-0.39, 0.29) is 6.61 Å². The summed E-state index contributed by atoms with van der Waals surface area (Å²) in [6, 6.07) is 10.7. The molecule has 0 unspecified atom stereocenters. The van der Waals surface area contributed by atoms with E-state index in [0.29, 0.717) is 12.4 Å². The molecule has 2 aromatic heterocycles. The monoisotopic (exact) mass is 342 g/mol. The van der Waals surface area contributed by atoms with Crippen molar-refractivity contribution in [1.29, 1.82) is 0 Å². The minimum Gasteiger partial charge on any atom is -0.467 e. The topological polar surface area (TPSA) is 93.2 Å². The molecule has 3 aromatic rings. The van der Waals surface area contributed by atoms with Gasteiger partial charge in [0.15, 0.2) is 6.61 Å². The van der Waals surface area contributed by atoms with Crippen LogP contribution in [0.5, 0.6) is 5.88 Å². The first-order chi connectivity index (χ1) is 11.7. The average molecular weight is 342 g/mol. The number of ether oxygens (including phenoxy) is 1. The number of nitrogens with one attached hydrogen (secondary N) is 2. The first kappa shape index (κ1) is 15.9. The van der Waals surface area contributed by atoms with Crippen LogP contribution in [0.3, 0.4) is 0 Å². The van der Waals surface area contributed by atoms with Crippen LogP contribution >= 0.6 is 11.3 Å². The summed E-state index contributed by atoms with van der Waals surface area (Å²) in [7, 11) is 0. The zero-order valence-electron chi connectivity index (χ0n) is 12.6. The van der Waals surface area contributed by atoms with Gasteiger partial charge in [-0.25, -0.2) is 14.8 Å². The third kappa shape index (κ3) is 4.05. The van der Waals surface area contributed by atoms with Crippen LogP contribution in [0.2, 0.25) is 0 Å². The Hall–Kier alpha value is -3.00. The van der Waals surface area contributed by atoms with E-state index >= 15 is 0 Å². The van der Waals surface area contributed by atoms with E-state index < -0.39 is 11.9 Å². The van der Waals surface area contributed by atoms with Crippen molar-refractivity contribution in [3.63, 3.8) is 0 Å². The molecule has 7 nitrogen and oxygen atoms in total. The standard InChI is InChI=1S/C16H14N4O3S/c21-13(20-16(22)17-8-11-4-2-1-3-5-11)9-23-14-12-6-7-24-15(12)19-10-18-14/h1-7,10H,8-9H2,(H2,17,20,21,22). The van der Waals surface area contributed by atoms with Crippen LogP contribution in [-0.4, -0.2) is 28.5 Å². The predicted octanol–water partition coefficient (Wildman–Crippen LogP) is 2.10. The highest BCUT2D eigenvalue weighted by molar-refractivity contribution is 7.16. The fraction of sp³-hybridized carbons (Fsp3) is 0.125. The lowest BCUT2D eigenvalue weighted by molar-refractivity contribution is -0.122. The van der Waals surface area contributed by atoms with Crippen molar-refractivity contribution in [1.82, 2.24) is 20.6 Å². The maximum Gasteiger partial charge on any atom is 0.321 e. The van der Waals surface area contributed by atoms with Crippen molar-refractivity contribution < 1.29 is 14.3 Å². The number of urea groups is 1. The van der Waals surface area contributed by atoms with Crippen LogP contribution in [0.1, 0.15) is 5.56 Å². The number of rotatable bonds is 5. The number of thiophene rings is 1. The van der Waals surface area contributed by atoms with Crippen LogP contribution in [0.15, 0.2) is 48.1 Å². The van der Waals surface area contributed by atoms with Crippen LogP contribution < -0.4 is 15.4 Å². The first-order valence-corrected chi connectivity index (χ1v) is 8.03. The summed E-state index contributed by atoms with van der Waals surface area (Å²) >= 11 is 1.46. The van der Waals surface area contributed by atoms with Gasteiger partial charge in [0.2, 0.25) is 5.88 Å². The molecule has 0 saturated carbocycles. The van der Waals surface area contributed by atoms with Gasteiger partial charge in [-0.1, -0.05) is 30.3 Å².